The summed E-state index contributed by atoms with van der Waals surface area (Å²) in [5.74, 6) is 1.62. The number of nitrogens with one attached hydrogen (secondary N) is 1. The van der Waals surface area contributed by atoms with Crippen LogP contribution in [-0.2, 0) is 0 Å². The van der Waals surface area contributed by atoms with Gasteiger partial charge in [-0.15, -0.1) is 0 Å². The normalized spacial score (nSPS) is 12.8. The molecular weight excluding hydrogens is 250 g/mol. The molecule has 102 valence electrons. The number of hydrogen-bond acceptors (Lipinski definition) is 6. The van der Waals surface area contributed by atoms with E-state index in [0.29, 0.717) is 34.1 Å². The average Bonchev–Trinajstić information content (AvgIpc) is 2.71. The Morgan fingerprint density at radius 3 is 1.63 bits per heavy atom. The summed E-state index contributed by atoms with van der Waals surface area (Å²) in [4.78, 5) is 3.93. The van der Waals surface area contributed by atoms with Crippen LogP contribution < -0.4 is 24.7 Å². The molecule has 19 heavy (non-hydrogen) atoms. The van der Waals surface area contributed by atoms with Gasteiger partial charge < -0.3 is 24.7 Å². The van der Waals surface area contributed by atoms with E-state index < -0.39 is 0 Å². The number of nitrogens with two attached hydrogens (primary N) is 1. The second-order valence-electron chi connectivity index (χ2n) is 3.73. The molecule has 3 N–H and O–H groups in total. The maximum Gasteiger partial charge on any atom is 0.208 e. The lowest BCUT2D eigenvalue weighted by Crippen LogP contribution is -2.14. The summed E-state index contributed by atoms with van der Waals surface area (Å²) in [6, 6.07) is 0. The van der Waals surface area contributed by atoms with Crippen LogP contribution in [0.3, 0.4) is 0 Å². The van der Waals surface area contributed by atoms with Crippen molar-refractivity contribution in [2.75, 3.05) is 28.4 Å². The monoisotopic (exact) mass is 265 g/mol. The molecule has 0 saturated heterocycles. The molecule has 0 atom stereocenters. The largest absolute Gasteiger partial charge is 0.492 e. The molecule has 1 heterocycles. The molecular formula is C12H15N3O4. The number of fused-ring (bicyclic) bond motifs is 1. The second kappa shape index (κ2) is 4.68. The van der Waals surface area contributed by atoms with E-state index in [9.17, 15) is 0 Å². The Hall–Kier alpha value is -2.44. The molecule has 0 aliphatic carbocycles. The van der Waals surface area contributed by atoms with E-state index >= 15 is 0 Å². The molecule has 2 rings (SSSR count). The summed E-state index contributed by atoms with van der Waals surface area (Å²) in [7, 11) is 5.93. The lowest BCUT2D eigenvalue weighted by molar-refractivity contribution is 0.305. The molecule has 0 fully saturated rings. The van der Waals surface area contributed by atoms with Gasteiger partial charge in [0, 0.05) is 0 Å². The minimum atomic E-state index is 0.00334. The summed E-state index contributed by atoms with van der Waals surface area (Å²) < 4.78 is 21.2. The van der Waals surface area contributed by atoms with Gasteiger partial charge in [0.1, 0.15) is 5.84 Å². The van der Waals surface area contributed by atoms with Gasteiger partial charge in [0.15, 0.2) is 17.3 Å². The Kier molecular flexibility index (Phi) is 3.20. The molecule has 0 spiro atoms. The molecule has 1 aromatic rings. The van der Waals surface area contributed by atoms with Gasteiger partial charge in [-0.1, -0.05) is 0 Å². The minimum Gasteiger partial charge on any atom is -0.492 e. The van der Waals surface area contributed by atoms with E-state index in [-0.39, 0.29) is 11.7 Å². The zero-order chi connectivity index (χ0) is 14.2. The highest BCUT2D eigenvalue weighted by molar-refractivity contribution is 6.24. The van der Waals surface area contributed by atoms with Crippen molar-refractivity contribution >= 4 is 11.7 Å². The highest BCUT2D eigenvalue weighted by Gasteiger charge is 2.34. The van der Waals surface area contributed by atoms with Crippen LogP contribution in [-0.4, -0.2) is 40.1 Å². The van der Waals surface area contributed by atoms with E-state index in [0.717, 1.165) is 0 Å². The van der Waals surface area contributed by atoms with Crippen LogP contribution in [0.4, 0.5) is 0 Å². The Morgan fingerprint density at radius 2 is 1.21 bits per heavy atom. The fraction of sp³-hybridized carbons (Fsp3) is 0.333. The van der Waals surface area contributed by atoms with Crippen molar-refractivity contribution in [3.63, 3.8) is 0 Å². The zero-order valence-electron chi connectivity index (χ0n) is 11.2. The third-order valence-corrected chi connectivity index (χ3v) is 2.86. The predicted octanol–water partition coefficient (Wildman–Crippen LogP) is 0.765. The average molecular weight is 265 g/mol. The van der Waals surface area contributed by atoms with Gasteiger partial charge in [0.05, 0.1) is 39.6 Å². The maximum absolute atomic E-state index is 7.88. The van der Waals surface area contributed by atoms with Gasteiger partial charge in [-0.05, 0) is 0 Å². The SMILES string of the molecule is COc1c(OC)c(OC)c2c(c1OC)C(=N)N=C2N. The highest BCUT2D eigenvalue weighted by Crippen LogP contribution is 2.50. The van der Waals surface area contributed by atoms with Gasteiger partial charge in [-0.3, -0.25) is 5.41 Å². The number of hydrogen-bond donors (Lipinski definition) is 2. The first-order valence-corrected chi connectivity index (χ1v) is 5.44. The first-order valence-electron chi connectivity index (χ1n) is 5.44. The summed E-state index contributed by atoms with van der Waals surface area (Å²) in [5, 5.41) is 7.88. The van der Waals surface area contributed by atoms with Crippen LogP contribution in [0.2, 0.25) is 0 Å². The Labute approximate surface area is 110 Å². The van der Waals surface area contributed by atoms with Gasteiger partial charge in [0.2, 0.25) is 11.5 Å². The molecule has 1 aromatic carbocycles. The van der Waals surface area contributed by atoms with Crippen molar-refractivity contribution in [1.29, 1.82) is 5.41 Å². The molecule has 7 heteroatoms. The van der Waals surface area contributed by atoms with E-state index in [1.807, 2.05) is 0 Å². The number of nitrogens with zero attached hydrogens (tertiary/aromatic N) is 1. The first kappa shape index (κ1) is 13.0. The van der Waals surface area contributed by atoms with Crippen molar-refractivity contribution in [3.8, 4) is 23.0 Å². The van der Waals surface area contributed by atoms with Gasteiger partial charge in [-0.25, -0.2) is 4.99 Å². The summed E-state index contributed by atoms with van der Waals surface area (Å²) >= 11 is 0. The molecule has 0 amide bonds. The van der Waals surface area contributed by atoms with Crippen molar-refractivity contribution in [2.24, 2.45) is 10.7 Å². The molecule has 0 saturated carbocycles. The van der Waals surface area contributed by atoms with Crippen molar-refractivity contribution < 1.29 is 18.9 Å². The third-order valence-electron chi connectivity index (χ3n) is 2.86. The van der Waals surface area contributed by atoms with Crippen molar-refractivity contribution in [2.45, 2.75) is 0 Å². The van der Waals surface area contributed by atoms with Crippen LogP contribution >= 0.6 is 0 Å². The topological polar surface area (TPSA) is 99.1 Å². The van der Waals surface area contributed by atoms with Crippen LogP contribution in [0, 0.1) is 5.41 Å². The molecule has 0 bridgehead atoms. The van der Waals surface area contributed by atoms with E-state index in [2.05, 4.69) is 4.99 Å². The number of amidine groups is 2. The van der Waals surface area contributed by atoms with E-state index in [1.165, 1.54) is 28.4 Å². The number of methoxy groups -OCH3 is 4. The Bertz CT molecular complexity index is 581. The summed E-state index contributed by atoms with van der Waals surface area (Å²) in [5.41, 5.74) is 6.76. The Morgan fingerprint density at radius 1 is 0.789 bits per heavy atom. The van der Waals surface area contributed by atoms with Crippen LogP contribution in [0.25, 0.3) is 0 Å². The minimum absolute atomic E-state index is 0.00334. The molecule has 0 unspecified atom stereocenters. The van der Waals surface area contributed by atoms with Crippen molar-refractivity contribution in [3.05, 3.63) is 11.1 Å². The third kappa shape index (κ3) is 1.66. The van der Waals surface area contributed by atoms with Gasteiger partial charge >= 0.3 is 0 Å². The number of ether oxygens (including phenoxy) is 4. The summed E-state index contributed by atoms with van der Waals surface area (Å²) in [6.07, 6.45) is 0. The van der Waals surface area contributed by atoms with Gasteiger partial charge in [0.25, 0.3) is 0 Å². The molecule has 1 aliphatic heterocycles. The fourth-order valence-corrected chi connectivity index (χ4v) is 2.12. The standard InChI is InChI=1S/C12H15N3O4/c1-16-7-5-6(12(14)15-11(5)13)8(17-2)10(19-4)9(7)18-3/h1-4H3,(H3,13,14,15). The second-order valence-corrected chi connectivity index (χ2v) is 3.73. The first-order chi connectivity index (χ1) is 9.10. The van der Waals surface area contributed by atoms with Gasteiger partial charge in [-0.2, -0.15) is 0 Å². The quantitative estimate of drug-likeness (QED) is 0.837. The smallest absolute Gasteiger partial charge is 0.208 e. The molecule has 0 radical (unpaired) electrons. The Balaban J connectivity index is 2.91. The van der Waals surface area contributed by atoms with Crippen LogP contribution in [0.5, 0.6) is 23.0 Å². The lowest BCUT2D eigenvalue weighted by atomic mass is 10.0. The number of aliphatic imine (C=N–C) groups is 1. The maximum atomic E-state index is 7.88. The predicted molar refractivity (Wildman–Crippen MR) is 70.2 cm³/mol. The van der Waals surface area contributed by atoms with Crippen LogP contribution in [0.15, 0.2) is 4.99 Å². The molecule has 1 aliphatic rings. The molecule has 0 aromatic heterocycles. The lowest BCUT2D eigenvalue weighted by Gasteiger charge is -2.19. The highest BCUT2D eigenvalue weighted by atomic mass is 16.5. The summed E-state index contributed by atoms with van der Waals surface area (Å²) in [6.45, 7) is 0. The van der Waals surface area contributed by atoms with Crippen molar-refractivity contribution in [1.82, 2.24) is 0 Å². The fourth-order valence-electron chi connectivity index (χ4n) is 2.12. The van der Waals surface area contributed by atoms with Crippen LogP contribution in [0.1, 0.15) is 11.1 Å². The number of benzene rings is 1. The van der Waals surface area contributed by atoms with E-state index in [4.69, 9.17) is 30.1 Å². The zero-order valence-corrected chi connectivity index (χ0v) is 11.2. The van der Waals surface area contributed by atoms with E-state index in [1.54, 1.807) is 0 Å². The molecule has 7 nitrogen and oxygen atoms in total. The number of rotatable bonds is 4.